The summed E-state index contributed by atoms with van der Waals surface area (Å²) in [5, 5.41) is 3.32. The zero-order valence-electron chi connectivity index (χ0n) is 8.64. The summed E-state index contributed by atoms with van der Waals surface area (Å²) in [6.45, 7) is 9.28. The van der Waals surface area contributed by atoms with Crippen LogP contribution in [-0.2, 0) is 10.8 Å². The van der Waals surface area contributed by atoms with Gasteiger partial charge in [0, 0.05) is 34.4 Å². The fourth-order valence-corrected chi connectivity index (χ4v) is 1.86. The van der Waals surface area contributed by atoms with Crippen LogP contribution >= 0.6 is 0 Å². The standard InChI is InChI=1S/C9H21NOS/c1-5-7-12(11)8-6-10-9(2,3)4/h10H,5-8H2,1-4H3. The van der Waals surface area contributed by atoms with Crippen LogP contribution in [0.3, 0.4) is 0 Å². The summed E-state index contributed by atoms with van der Waals surface area (Å²) in [7, 11) is -0.617. The van der Waals surface area contributed by atoms with Gasteiger partial charge in [-0.3, -0.25) is 4.21 Å². The molecule has 0 aromatic heterocycles. The minimum atomic E-state index is -0.617. The Morgan fingerprint density at radius 2 is 1.83 bits per heavy atom. The Kier molecular flexibility index (Phi) is 5.76. The Labute approximate surface area is 78.6 Å². The molecule has 0 aromatic carbocycles. The molecule has 1 unspecified atom stereocenters. The van der Waals surface area contributed by atoms with E-state index in [1.165, 1.54) is 0 Å². The molecular formula is C9H21NOS. The minimum Gasteiger partial charge on any atom is -0.311 e. The number of hydrogen-bond acceptors (Lipinski definition) is 2. The van der Waals surface area contributed by atoms with E-state index >= 15 is 0 Å². The van der Waals surface area contributed by atoms with Gasteiger partial charge in [0.15, 0.2) is 0 Å². The Morgan fingerprint density at radius 3 is 2.25 bits per heavy atom. The fraction of sp³-hybridized carbons (Fsp3) is 1.00. The first-order valence-electron chi connectivity index (χ1n) is 4.55. The van der Waals surface area contributed by atoms with Gasteiger partial charge in [0.05, 0.1) is 0 Å². The average molecular weight is 191 g/mol. The van der Waals surface area contributed by atoms with Crippen LogP contribution in [0.15, 0.2) is 0 Å². The van der Waals surface area contributed by atoms with E-state index in [0.29, 0.717) is 0 Å². The van der Waals surface area contributed by atoms with Crippen molar-refractivity contribution in [2.24, 2.45) is 0 Å². The van der Waals surface area contributed by atoms with Gasteiger partial charge in [-0.05, 0) is 27.2 Å². The lowest BCUT2D eigenvalue weighted by molar-refractivity contribution is 0.440. The second-order valence-corrected chi connectivity index (χ2v) is 5.72. The van der Waals surface area contributed by atoms with E-state index in [0.717, 1.165) is 24.5 Å². The van der Waals surface area contributed by atoms with Crippen LogP contribution in [-0.4, -0.2) is 27.8 Å². The van der Waals surface area contributed by atoms with Crippen molar-refractivity contribution in [1.82, 2.24) is 5.32 Å². The van der Waals surface area contributed by atoms with Crippen molar-refractivity contribution in [3.05, 3.63) is 0 Å². The molecule has 0 fully saturated rings. The summed E-state index contributed by atoms with van der Waals surface area (Å²) >= 11 is 0. The lowest BCUT2D eigenvalue weighted by Gasteiger charge is -2.20. The topological polar surface area (TPSA) is 29.1 Å². The van der Waals surface area contributed by atoms with Crippen LogP contribution in [0.2, 0.25) is 0 Å². The highest BCUT2D eigenvalue weighted by molar-refractivity contribution is 7.84. The van der Waals surface area contributed by atoms with Crippen LogP contribution in [0, 0.1) is 0 Å². The summed E-state index contributed by atoms with van der Waals surface area (Å²) in [4.78, 5) is 0. The second-order valence-electron chi connectivity index (χ2n) is 4.02. The molecule has 2 nitrogen and oxygen atoms in total. The van der Waals surface area contributed by atoms with Gasteiger partial charge in [0.1, 0.15) is 0 Å². The lowest BCUT2D eigenvalue weighted by atomic mass is 10.1. The van der Waals surface area contributed by atoms with Crippen LogP contribution in [0.5, 0.6) is 0 Å². The van der Waals surface area contributed by atoms with E-state index in [2.05, 4.69) is 33.0 Å². The highest BCUT2D eigenvalue weighted by Crippen LogP contribution is 1.97. The molecule has 0 aliphatic heterocycles. The molecule has 0 saturated carbocycles. The van der Waals surface area contributed by atoms with E-state index in [9.17, 15) is 4.21 Å². The predicted octanol–water partition coefficient (Wildman–Crippen LogP) is 1.53. The molecule has 0 spiro atoms. The Bertz CT molecular complexity index is 140. The van der Waals surface area contributed by atoms with Crippen molar-refractivity contribution in [1.29, 1.82) is 0 Å². The molecule has 12 heavy (non-hydrogen) atoms. The van der Waals surface area contributed by atoms with Gasteiger partial charge in [-0.1, -0.05) is 6.92 Å². The van der Waals surface area contributed by atoms with Crippen LogP contribution in [0.4, 0.5) is 0 Å². The summed E-state index contributed by atoms with van der Waals surface area (Å²) < 4.78 is 11.2. The largest absolute Gasteiger partial charge is 0.311 e. The maximum Gasteiger partial charge on any atom is 0.0360 e. The fourth-order valence-electron chi connectivity index (χ4n) is 0.870. The van der Waals surface area contributed by atoms with E-state index in [4.69, 9.17) is 0 Å². The summed E-state index contributed by atoms with van der Waals surface area (Å²) in [5.74, 6) is 1.62. The highest BCUT2D eigenvalue weighted by atomic mass is 32.2. The second kappa shape index (κ2) is 5.70. The van der Waals surface area contributed by atoms with Gasteiger partial charge in [-0.2, -0.15) is 0 Å². The first-order chi connectivity index (χ1) is 5.45. The zero-order chi connectivity index (χ0) is 9.61. The van der Waals surface area contributed by atoms with Crippen molar-refractivity contribution in [2.45, 2.75) is 39.7 Å². The summed E-state index contributed by atoms with van der Waals surface area (Å²) in [5.41, 5.74) is 0.149. The third-order valence-corrected chi connectivity index (χ3v) is 2.94. The molecule has 0 rings (SSSR count). The minimum absolute atomic E-state index is 0.149. The average Bonchev–Trinajstić information content (AvgIpc) is 1.84. The number of hydrogen-bond donors (Lipinski definition) is 1. The van der Waals surface area contributed by atoms with E-state index in [-0.39, 0.29) is 5.54 Å². The van der Waals surface area contributed by atoms with Gasteiger partial charge >= 0.3 is 0 Å². The molecule has 0 amide bonds. The molecule has 0 aliphatic carbocycles. The number of rotatable bonds is 5. The smallest absolute Gasteiger partial charge is 0.0360 e. The lowest BCUT2D eigenvalue weighted by Crippen LogP contribution is -2.38. The molecule has 0 bridgehead atoms. The normalized spacial score (nSPS) is 14.7. The molecule has 74 valence electrons. The predicted molar refractivity (Wildman–Crippen MR) is 55.9 cm³/mol. The molecule has 0 saturated heterocycles. The van der Waals surface area contributed by atoms with Crippen molar-refractivity contribution in [2.75, 3.05) is 18.1 Å². The third-order valence-electron chi connectivity index (χ3n) is 1.42. The maximum absolute atomic E-state index is 11.2. The highest BCUT2D eigenvalue weighted by Gasteiger charge is 2.08. The van der Waals surface area contributed by atoms with Gasteiger partial charge in [0.2, 0.25) is 0 Å². The molecule has 3 heteroatoms. The first-order valence-corrected chi connectivity index (χ1v) is 6.04. The van der Waals surface area contributed by atoms with Gasteiger partial charge in [-0.15, -0.1) is 0 Å². The monoisotopic (exact) mass is 191 g/mol. The molecule has 1 N–H and O–H groups in total. The summed E-state index contributed by atoms with van der Waals surface area (Å²) in [6, 6.07) is 0. The molecule has 0 heterocycles. The van der Waals surface area contributed by atoms with Crippen LogP contribution in [0.1, 0.15) is 34.1 Å². The van der Waals surface area contributed by atoms with E-state index in [1.54, 1.807) is 0 Å². The molecule has 0 aromatic rings. The number of nitrogens with one attached hydrogen (secondary N) is 1. The maximum atomic E-state index is 11.2. The van der Waals surface area contributed by atoms with Crippen LogP contribution < -0.4 is 5.32 Å². The van der Waals surface area contributed by atoms with E-state index in [1.807, 2.05) is 0 Å². The van der Waals surface area contributed by atoms with Crippen LogP contribution in [0.25, 0.3) is 0 Å². The Hall–Kier alpha value is 0.110. The van der Waals surface area contributed by atoms with Gasteiger partial charge in [-0.25, -0.2) is 0 Å². The van der Waals surface area contributed by atoms with Crippen molar-refractivity contribution < 1.29 is 4.21 Å². The quantitative estimate of drug-likeness (QED) is 0.714. The van der Waals surface area contributed by atoms with Gasteiger partial charge < -0.3 is 5.32 Å². The van der Waals surface area contributed by atoms with Crippen molar-refractivity contribution in [3.63, 3.8) is 0 Å². The Balaban J connectivity index is 3.37. The van der Waals surface area contributed by atoms with Crippen molar-refractivity contribution in [3.8, 4) is 0 Å². The van der Waals surface area contributed by atoms with Crippen molar-refractivity contribution >= 4 is 10.8 Å². The first kappa shape index (κ1) is 12.1. The molecular weight excluding hydrogens is 170 g/mol. The van der Waals surface area contributed by atoms with E-state index < -0.39 is 10.8 Å². The van der Waals surface area contributed by atoms with Gasteiger partial charge in [0.25, 0.3) is 0 Å². The molecule has 0 radical (unpaired) electrons. The SMILES string of the molecule is CCCS(=O)CCNC(C)(C)C. The Morgan fingerprint density at radius 1 is 1.25 bits per heavy atom. The molecule has 1 atom stereocenters. The zero-order valence-corrected chi connectivity index (χ0v) is 9.46. The summed E-state index contributed by atoms with van der Waals surface area (Å²) in [6.07, 6.45) is 1.02. The molecule has 0 aliphatic rings. The third kappa shape index (κ3) is 8.21.